The van der Waals surface area contributed by atoms with Gasteiger partial charge in [-0.2, -0.15) is 0 Å². The fraction of sp³-hybridized carbons (Fsp3) is 1.00. The lowest BCUT2D eigenvalue weighted by Gasteiger charge is -2.40. The monoisotopic (exact) mass is 253 g/mol. The Bertz CT molecular complexity index is 228. The highest BCUT2D eigenvalue weighted by molar-refractivity contribution is 4.82. The van der Waals surface area contributed by atoms with Crippen LogP contribution in [0, 0.1) is 0 Å². The molecule has 1 saturated carbocycles. The number of hydrogen-bond donors (Lipinski definition) is 1. The Morgan fingerprint density at radius 3 is 2.56 bits per heavy atom. The summed E-state index contributed by atoms with van der Waals surface area (Å²) in [7, 11) is 2.30. The van der Waals surface area contributed by atoms with Crippen molar-refractivity contribution in [2.75, 3.05) is 33.2 Å². The maximum atomic E-state index is 5.66. The summed E-state index contributed by atoms with van der Waals surface area (Å²) < 4.78 is 0. The number of nitrogens with two attached hydrogens (primary N) is 1. The largest absolute Gasteiger partial charge is 0.330 e. The number of rotatable bonds is 7. The van der Waals surface area contributed by atoms with Gasteiger partial charge >= 0.3 is 0 Å². The molecule has 2 aliphatic rings. The molecule has 1 unspecified atom stereocenters. The molecule has 0 spiro atoms. The van der Waals surface area contributed by atoms with Gasteiger partial charge in [0.2, 0.25) is 0 Å². The topological polar surface area (TPSA) is 32.5 Å². The van der Waals surface area contributed by atoms with Gasteiger partial charge in [0.25, 0.3) is 0 Å². The third-order valence-electron chi connectivity index (χ3n) is 4.91. The molecule has 0 aromatic carbocycles. The fourth-order valence-electron chi connectivity index (χ4n) is 3.35. The van der Waals surface area contributed by atoms with Crippen molar-refractivity contribution >= 4 is 0 Å². The highest BCUT2D eigenvalue weighted by Gasteiger charge is 2.26. The smallest absolute Gasteiger partial charge is 0.0104 e. The summed E-state index contributed by atoms with van der Waals surface area (Å²) in [5.74, 6) is 0. The molecule has 1 heterocycles. The summed E-state index contributed by atoms with van der Waals surface area (Å²) in [6.07, 6.45) is 11.0. The first kappa shape index (κ1) is 14.3. The molecule has 3 heteroatoms. The predicted molar refractivity (Wildman–Crippen MR) is 77.8 cm³/mol. The first-order valence-corrected chi connectivity index (χ1v) is 7.95. The third kappa shape index (κ3) is 3.94. The first-order valence-electron chi connectivity index (χ1n) is 7.95. The number of likely N-dealkylation sites (tertiary alicyclic amines) is 1. The summed E-state index contributed by atoms with van der Waals surface area (Å²) in [6.45, 7) is 4.65. The second-order valence-corrected chi connectivity index (χ2v) is 6.18. The van der Waals surface area contributed by atoms with Crippen molar-refractivity contribution in [2.24, 2.45) is 5.73 Å². The zero-order valence-electron chi connectivity index (χ0n) is 12.1. The van der Waals surface area contributed by atoms with Gasteiger partial charge in [-0.3, -0.25) is 0 Å². The Hall–Kier alpha value is -0.120. The Morgan fingerprint density at radius 1 is 1.11 bits per heavy atom. The molecule has 3 nitrogen and oxygen atoms in total. The lowest BCUT2D eigenvalue weighted by molar-refractivity contribution is 0.0995. The van der Waals surface area contributed by atoms with Crippen LogP contribution in [0.25, 0.3) is 0 Å². The normalized spacial score (nSPS) is 26.5. The van der Waals surface area contributed by atoms with Crippen molar-refractivity contribution in [1.29, 1.82) is 0 Å². The van der Waals surface area contributed by atoms with Crippen LogP contribution in [0.1, 0.15) is 51.4 Å². The van der Waals surface area contributed by atoms with Crippen LogP contribution in [-0.4, -0.2) is 55.1 Å². The summed E-state index contributed by atoms with van der Waals surface area (Å²) in [5.41, 5.74) is 5.66. The lowest BCUT2D eigenvalue weighted by atomic mass is 9.90. The van der Waals surface area contributed by atoms with E-state index < -0.39 is 0 Å². The van der Waals surface area contributed by atoms with Gasteiger partial charge in [0.1, 0.15) is 0 Å². The molecule has 1 aliphatic heterocycles. The van der Waals surface area contributed by atoms with Crippen molar-refractivity contribution in [3.63, 3.8) is 0 Å². The van der Waals surface area contributed by atoms with Gasteiger partial charge < -0.3 is 15.5 Å². The average Bonchev–Trinajstić information content (AvgIpc) is 2.32. The van der Waals surface area contributed by atoms with Gasteiger partial charge in [-0.05, 0) is 71.8 Å². The van der Waals surface area contributed by atoms with Crippen LogP contribution in [-0.2, 0) is 0 Å². The molecule has 0 aromatic heterocycles. The van der Waals surface area contributed by atoms with Crippen molar-refractivity contribution in [3.05, 3.63) is 0 Å². The second-order valence-electron chi connectivity index (χ2n) is 6.18. The van der Waals surface area contributed by atoms with E-state index in [-0.39, 0.29) is 0 Å². The van der Waals surface area contributed by atoms with E-state index in [2.05, 4.69) is 16.8 Å². The van der Waals surface area contributed by atoms with E-state index in [1.807, 2.05) is 0 Å². The van der Waals surface area contributed by atoms with Crippen LogP contribution < -0.4 is 5.73 Å². The molecular weight excluding hydrogens is 222 g/mol. The molecule has 0 radical (unpaired) electrons. The van der Waals surface area contributed by atoms with Gasteiger partial charge in [-0.25, -0.2) is 0 Å². The van der Waals surface area contributed by atoms with Crippen LogP contribution in [0.5, 0.6) is 0 Å². The van der Waals surface area contributed by atoms with Crippen molar-refractivity contribution in [2.45, 2.75) is 63.5 Å². The fourth-order valence-corrected chi connectivity index (χ4v) is 3.35. The zero-order chi connectivity index (χ0) is 12.8. The van der Waals surface area contributed by atoms with Gasteiger partial charge in [0, 0.05) is 12.1 Å². The Balaban J connectivity index is 1.73. The van der Waals surface area contributed by atoms with E-state index in [1.54, 1.807) is 0 Å². The molecule has 1 saturated heterocycles. The average molecular weight is 253 g/mol. The van der Waals surface area contributed by atoms with E-state index in [0.29, 0.717) is 0 Å². The first-order chi connectivity index (χ1) is 8.81. The van der Waals surface area contributed by atoms with E-state index in [9.17, 15) is 0 Å². The third-order valence-corrected chi connectivity index (χ3v) is 4.91. The SMILES string of the molecule is CN1CCCCC1CCN(CCCN)C1CCC1. The molecule has 2 fully saturated rings. The zero-order valence-corrected chi connectivity index (χ0v) is 12.1. The van der Waals surface area contributed by atoms with Crippen molar-refractivity contribution in [3.8, 4) is 0 Å². The Morgan fingerprint density at radius 2 is 1.94 bits per heavy atom. The quantitative estimate of drug-likeness (QED) is 0.754. The molecule has 2 N–H and O–H groups in total. The number of piperidine rings is 1. The standard InChI is InChI=1S/C15H31N3/c1-17-11-3-2-6-14(17)9-13-18(12-5-10-16)15-7-4-8-15/h14-15H,2-13,16H2,1H3. The Labute approximate surface area is 113 Å². The maximum Gasteiger partial charge on any atom is 0.0104 e. The highest BCUT2D eigenvalue weighted by Crippen LogP contribution is 2.26. The van der Waals surface area contributed by atoms with E-state index in [1.165, 1.54) is 64.6 Å². The summed E-state index contributed by atoms with van der Waals surface area (Å²) in [4.78, 5) is 5.30. The maximum absolute atomic E-state index is 5.66. The van der Waals surface area contributed by atoms with Crippen molar-refractivity contribution in [1.82, 2.24) is 9.80 Å². The molecule has 18 heavy (non-hydrogen) atoms. The van der Waals surface area contributed by atoms with Gasteiger partial charge in [-0.1, -0.05) is 12.8 Å². The van der Waals surface area contributed by atoms with Crippen LogP contribution in [0.4, 0.5) is 0 Å². The summed E-state index contributed by atoms with van der Waals surface area (Å²) >= 11 is 0. The molecule has 0 bridgehead atoms. The lowest BCUT2D eigenvalue weighted by Crippen LogP contribution is -2.44. The van der Waals surface area contributed by atoms with Crippen LogP contribution >= 0.6 is 0 Å². The molecule has 1 aliphatic carbocycles. The summed E-state index contributed by atoms with van der Waals surface area (Å²) in [5, 5.41) is 0. The van der Waals surface area contributed by atoms with E-state index in [0.717, 1.165) is 25.0 Å². The van der Waals surface area contributed by atoms with Crippen molar-refractivity contribution < 1.29 is 0 Å². The number of nitrogens with zero attached hydrogens (tertiary/aromatic N) is 2. The van der Waals surface area contributed by atoms with Crippen LogP contribution in [0.2, 0.25) is 0 Å². The molecule has 1 atom stereocenters. The minimum Gasteiger partial charge on any atom is -0.330 e. The Kier molecular flexibility index (Phi) is 5.93. The second kappa shape index (κ2) is 7.46. The minimum absolute atomic E-state index is 0.833. The number of hydrogen-bond acceptors (Lipinski definition) is 3. The minimum atomic E-state index is 0.833. The van der Waals surface area contributed by atoms with Gasteiger partial charge in [0.15, 0.2) is 0 Å². The molecule has 106 valence electrons. The molecule has 0 aromatic rings. The van der Waals surface area contributed by atoms with Crippen LogP contribution in [0.15, 0.2) is 0 Å². The summed E-state index contributed by atoms with van der Waals surface area (Å²) in [6, 6.07) is 1.71. The van der Waals surface area contributed by atoms with Crippen LogP contribution in [0.3, 0.4) is 0 Å². The molecular formula is C15H31N3. The predicted octanol–water partition coefficient (Wildman–Crippen LogP) is 2.06. The van der Waals surface area contributed by atoms with E-state index >= 15 is 0 Å². The highest BCUT2D eigenvalue weighted by atomic mass is 15.2. The van der Waals surface area contributed by atoms with Gasteiger partial charge in [-0.15, -0.1) is 0 Å². The van der Waals surface area contributed by atoms with E-state index in [4.69, 9.17) is 5.73 Å². The molecule has 0 amide bonds. The molecule has 2 rings (SSSR count). The van der Waals surface area contributed by atoms with Gasteiger partial charge in [0.05, 0.1) is 0 Å².